The molecular formula is C13H15BrClNO4S. The molecule has 1 aromatic rings. The van der Waals surface area contributed by atoms with Gasteiger partial charge in [0.1, 0.15) is 10.6 Å². The monoisotopic (exact) mass is 395 g/mol. The lowest BCUT2D eigenvalue weighted by molar-refractivity contribution is -0.123. The second-order valence-corrected chi connectivity index (χ2v) is 8.47. The fourth-order valence-corrected chi connectivity index (χ4v) is 3.61. The van der Waals surface area contributed by atoms with Crippen LogP contribution < -0.4 is 10.1 Å². The van der Waals surface area contributed by atoms with Crippen molar-refractivity contribution in [2.75, 3.05) is 13.2 Å². The van der Waals surface area contributed by atoms with Crippen molar-refractivity contribution >= 4 is 41.6 Å². The second-order valence-electron chi connectivity index (χ2n) is 5.02. The Kier molecular flexibility index (Phi) is 5.16. The highest BCUT2D eigenvalue weighted by Gasteiger charge is 2.23. The Morgan fingerprint density at radius 3 is 2.71 bits per heavy atom. The zero-order valence-corrected chi connectivity index (χ0v) is 14.5. The summed E-state index contributed by atoms with van der Waals surface area (Å²) in [4.78, 5) is 11.5. The van der Waals surface area contributed by atoms with Crippen molar-refractivity contribution in [3.63, 3.8) is 0 Å². The van der Waals surface area contributed by atoms with E-state index in [4.69, 9.17) is 15.4 Å². The number of halogens is 2. The Morgan fingerprint density at radius 2 is 2.14 bits per heavy atom. The van der Waals surface area contributed by atoms with Gasteiger partial charge >= 0.3 is 0 Å². The summed E-state index contributed by atoms with van der Waals surface area (Å²) in [7, 11) is 1.45. The van der Waals surface area contributed by atoms with E-state index in [-0.39, 0.29) is 23.2 Å². The third-order valence-electron chi connectivity index (χ3n) is 3.10. The standard InChI is InChI=1S/C13H15BrClNO4S/c1-8-4-10(14)5-11(21(15,18)19)13(8)20-7-12(17)16-6-9-2-3-9/h4-5,9H,2-3,6-7H2,1H3,(H,16,17). The van der Waals surface area contributed by atoms with Crippen LogP contribution in [0.5, 0.6) is 5.75 Å². The molecule has 1 amide bonds. The summed E-state index contributed by atoms with van der Waals surface area (Å²) in [6.45, 7) is 2.09. The van der Waals surface area contributed by atoms with Crippen molar-refractivity contribution < 1.29 is 17.9 Å². The maximum Gasteiger partial charge on any atom is 0.265 e. The Labute approximate surface area is 136 Å². The summed E-state index contributed by atoms with van der Waals surface area (Å²) in [5, 5.41) is 2.75. The Morgan fingerprint density at radius 1 is 1.48 bits per heavy atom. The minimum atomic E-state index is -3.96. The zero-order chi connectivity index (χ0) is 15.6. The summed E-state index contributed by atoms with van der Waals surface area (Å²) < 4.78 is 29.1. The molecule has 1 aromatic carbocycles. The number of hydrogen-bond acceptors (Lipinski definition) is 4. The molecule has 0 bridgehead atoms. The molecule has 0 spiro atoms. The minimum Gasteiger partial charge on any atom is -0.482 e. The van der Waals surface area contributed by atoms with Crippen molar-refractivity contribution in [3.8, 4) is 5.75 Å². The number of aryl methyl sites for hydroxylation is 1. The van der Waals surface area contributed by atoms with Gasteiger partial charge in [-0.25, -0.2) is 8.42 Å². The normalized spacial score (nSPS) is 14.8. The molecule has 0 atom stereocenters. The molecule has 1 N–H and O–H groups in total. The van der Waals surface area contributed by atoms with Gasteiger partial charge in [0.25, 0.3) is 15.0 Å². The summed E-state index contributed by atoms with van der Waals surface area (Å²) in [5.41, 5.74) is 0.582. The van der Waals surface area contributed by atoms with Crippen molar-refractivity contribution in [2.45, 2.75) is 24.7 Å². The molecule has 0 radical (unpaired) electrons. The average molecular weight is 397 g/mol. The molecular weight excluding hydrogens is 382 g/mol. The van der Waals surface area contributed by atoms with Gasteiger partial charge in [0, 0.05) is 21.7 Å². The molecule has 0 aromatic heterocycles. The molecule has 0 aliphatic heterocycles. The number of nitrogens with one attached hydrogen (secondary N) is 1. The zero-order valence-electron chi connectivity index (χ0n) is 11.4. The summed E-state index contributed by atoms with van der Waals surface area (Å²) in [5.74, 6) is 0.402. The van der Waals surface area contributed by atoms with Crippen LogP contribution in [-0.4, -0.2) is 27.5 Å². The molecule has 2 rings (SSSR count). The van der Waals surface area contributed by atoms with Gasteiger partial charge in [0.05, 0.1) is 0 Å². The van der Waals surface area contributed by atoms with Gasteiger partial charge in [0.2, 0.25) is 0 Å². The van der Waals surface area contributed by atoms with E-state index in [1.54, 1.807) is 13.0 Å². The van der Waals surface area contributed by atoms with Crippen molar-refractivity contribution in [2.24, 2.45) is 5.92 Å². The van der Waals surface area contributed by atoms with E-state index < -0.39 is 9.05 Å². The molecule has 21 heavy (non-hydrogen) atoms. The van der Waals surface area contributed by atoms with E-state index in [9.17, 15) is 13.2 Å². The van der Waals surface area contributed by atoms with Gasteiger partial charge in [-0.1, -0.05) is 15.9 Å². The van der Waals surface area contributed by atoms with E-state index in [0.29, 0.717) is 22.5 Å². The molecule has 8 heteroatoms. The van der Waals surface area contributed by atoms with E-state index in [1.165, 1.54) is 6.07 Å². The Bertz CT molecular complexity index is 658. The average Bonchev–Trinajstić information content (AvgIpc) is 3.17. The van der Waals surface area contributed by atoms with E-state index in [0.717, 1.165) is 12.8 Å². The van der Waals surface area contributed by atoms with Crippen LogP contribution in [0.2, 0.25) is 0 Å². The molecule has 1 aliphatic rings. The smallest absolute Gasteiger partial charge is 0.265 e. The molecule has 0 heterocycles. The van der Waals surface area contributed by atoms with Gasteiger partial charge in [0.15, 0.2) is 6.61 Å². The van der Waals surface area contributed by atoms with Crippen LogP contribution in [0.25, 0.3) is 0 Å². The van der Waals surface area contributed by atoms with Gasteiger partial charge in [-0.3, -0.25) is 4.79 Å². The second kappa shape index (κ2) is 6.54. The van der Waals surface area contributed by atoms with Crippen LogP contribution in [0.1, 0.15) is 18.4 Å². The third-order valence-corrected chi connectivity index (χ3v) is 4.89. The first-order valence-corrected chi connectivity index (χ1v) is 9.52. The van der Waals surface area contributed by atoms with Crippen LogP contribution >= 0.6 is 26.6 Å². The van der Waals surface area contributed by atoms with E-state index in [2.05, 4.69) is 21.2 Å². The predicted octanol–water partition coefficient (Wildman–Crippen LogP) is 2.59. The molecule has 0 unspecified atom stereocenters. The highest BCUT2D eigenvalue weighted by Crippen LogP contribution is 2.33. The maximum absolute atomic E-state index is 11.7. The number of amides is 1. The number of carbonyl (C=O) groups is 1. The third kappa shape index (κ3) is 4.86. The van der Waals surface area contributed by atoms with Gasteiger partial charge in [-0.05, 0) is 43.4 Å². The Balaban J connectivity index is 2.09. The summed E-state index contributed by atoms with van der Waals surface area (Å²) in [6.07, 6.45) is 2.28. The molecule has 5 nitrogen and oxygen atoms in total. The van der Waals surface area contributed by atoms with Crippen LogP contribution in [0.3, 0.4) is 0 Å². The molecule has 1 saturated carbocycles. The number of benzene rings is 1. The van der Waals surface area contributed by atoms with Crippen LogP contribution in [0.4, 0.5) is 0 Å². The maximum atomic E-state index is 11.7. The first-order valence-electron chi connectivity index (χ1n) is 6.41. The fraction of sp³-hybridized carbons (Fsp3) is 0.462. The van der Waals surface area contributed by atoms with Crippen LogP contribution in [0.15, 0.2) is 21.5 Å². The van der Waals surface area contributed by atoms with E-state index in [1.807, 2.05) is 0 Å². The number of hydrogen-bond donors (Lipinski definition) is 1. The lowest BCUT2D eigenvalue weighted by Gasteiger charge is -2.13. The number of ether oxygens (including phenoxy) is 1. The highest BCUT2D eigenvalue weighted by atomic mass is 79.9. The first kappa shape index (κ1) is 16.6. The number of rotatable bonds is 6. The lowest BCUT2D eigenvalue weighted by Crippen LogP contribution is -2.30. The van der Waals surface area contributed by atoms with E-state index >= 15 is 0 Å². The van der Waals surface area contributed by atoms with Crippen LogP contribution in [0, 0.1) is 12.8 Å². The predicted molar refractivity (Wildman–Crippen MR) is 83.1 cm³/mol. The minimum absolute atomic E-state index is 0.106. The highest BCUT2D eigenvalue weighted by molar-refractivity contribution is 9.10. The lowest BCUT2D eigenvalue weighted by atomic mass is 10.2. The topological polar surface area (TPSA) is 72.5 Å². The summed E-state index contributed by atoms with van der Waals surface area (Å²) in [6, 6.07) is 3.05. The number of carbonyl (C=O) groups excluding carboxylic acids is 1. The van der Waals surface area contributed by atoms with Gasteiger partial charge in [-0.2, -0.15) is 0 Å². The summed E-state index contributed by atoms with van der Waals surface area (Å²) >= 11 is 3.21. The van der Waals surface area contributed by atoms with Crippen molar-refractivity contribution in [1.29, 1.82) is 0 Å². The fourth-order valence-electron chi connectivity index (χ4n) is 1.83. The van der Waals surface area contributed by atoms with Gasteiger partial charge < -0.3 is 10.1 Å². The van der Waals surface area contributed by atoms with Crippen molar-refractivity contribution in [1.82, 2.24) is 5.32 Å². The largest absolute Gasteiger partial charge is 0.482 e. The molecule has 116 valence electrons. The van der Waals surface area contributed by atoms with Gasteiger partial charge in [-0.15, -0.1) is 0 Å². The molecule has 0 saturated heterocycles. The molecule has 1 aliphatic carbocycles. The first-order chi connectivity index (χ1) is 9.77. The SMILES string of the molecule is Cc1cc(Br)cc(S(=O)(=O)Cl)c1OCC(=O)NCC1CC1. The van der Waals surface area contributed by atoms with Crippen molar-refractivity contribution in [3.05, 3.63) is 22.2 Å². The quantitative estimate of drug-likeness (QED) is 0.750. The Hall–Kier alpha value is -0.790. The van der Waals surface area contributed by atoms with Crippen LogP contribution in [-0.2, 0) is 13.8 Å². The molecule has 1 fully saturated rings.